The van der Waals surface area contributed by atoms with Crippen molar-refractivity contribution in [2.75, 3.05) is 19.6 Å². The molecule has 21 heavy (non-hydrogen) atoms. The van der Waals surface area contributed by atoms with Gasteiger partial charge in [-0.2, -0.15) is 13.2 Å². The molecule has 2 fully saturated rings. The molecule has 0 bridgehead atoms. The smallest absolute Gasteiger partial charge is 0.311 e. The Morgan fingerprint density at radius 2 is 1.90 bits per heavy atom. The molecule has 0 aromatic heterocycles. The first-order valence-corrected chi connectivity index (χ1v) is 8.41. The van der Waals surface area contributed by atoms with Crippen LogP contribution in [0.15, 0.2) is 0 Å². The predicted molar refractivity (Wildman–Crippen MR) is 79.3 cm³/mol. The Labute approximate surface area is 126 Å². The lowest BCUT2D eigenvalue weighted by molar-refractivity contribution is -0.144. The van der Waals surface area contributed by atoms with Gasteiger partial charge in [-0.1, -0.05) is 39.5 Å². The second kappa shape index (κ2) is 6.86. The second-order valence-electron chi connectivity index (χ2n) is 6.97. The summed E-state index contributed by atoms with van der Waals surface area (Å²) in [6.07, 6.45) is 1.96. The molecule has 2 aliphatic rings. The van der Waals surface area contributed by atoms with Crippen LogP contribution in [0.2, 0.25) is 0 Å². The number of hydrogen-bond acceptors (Lipinski definition) is 2. The van der Waals surface area contributed by atoms with Crippen LogP contribution < -0.4 is 5.32 Å². The van der Waals surface area contributed by atoms with E-state index < -0.39 is 12.6 Å². The summed E-state index contributed by atoms with van der Waals surface area (Å²) in [5.74, 6) is 0.513. The third-order valence-electron chi connectivity index (χ3n) is 5.56. The van der Waals surface area contributed by atoms with Crippen molar-refractivity contribution in [1.29, 1.82) is 0 Å². The lowest BCUT2D eigenvalue weighted by Crippen LogP contribution is -2.66. The van der Waals surface area contributed by atoms with Crippen LogP contribution in [0, 0.1) is 5.92 Å². The van der Waals surface area contributed by atoms with E-state index in [4.69, 9.17) is 0 Å². The highest BCUT2D eigenvalue weighted by Gasteiger charge is 2.43. The van der Waals surface area contributed by atoms with Crippen LogP contribution >= 0.6 is 0 Å². The molecule has 1 aliphatic heterocycles. The zero-order valence-corrected chi connectivity index (χ0v) is 13.3. The van der Waals surface area contributed by atoms with Gasteiger partial charge in [-0.25, -0.2) is 0 Å². The first-order chi connectivity index (χ1) is 9.86. The quantitative estimate of drug-likeness (QED) is 0.845. The van der Waals surface area contributed by atoms with Crippen molar-refractivity contribution < 1.29 is 13.2 Å². The van der Waals surface area contributed by atoms with Crippen LogP contribution in [-0.4, -0.2) is 42.3 Å². The number of piperazine rings is 1. The molecule has 1 spiro atoms. The van der Waals surface area contributed by atoms with Gasteiger partial charge in [0.05, 0.1) is 6.42 Å². The zero-order chi connectivity index (χ0) is 15.5. The molecule has 1 aliphatic carbocycles. The molecule has 2 rings (SSSR count). The average molecular weight is 306 g/mol. The molecule has 0 aromatic rings. The molecule has 2 nitrogen and oxygen atoms in total. The Balaban J connectivity index is 2.05. The first kappa shape index (κ1) is 17.1. The minimum absolute atomic E-state index is 0.0204. The van der Waals surface area contributed by atoms with Crippen LogP contribution in [0.3, 0.4) is 0 Å². The number of halogens is 3. The summed E-state index contributed by atoms with van der Waals surface area (Å²) >= 11 is 0. The SMILES string of the molecule is CCC(C)C1CN(CCC(F)(F)F)C2(CCCCC2)CN1. The summed E-state index contributed by atoms with van der Waals surface area (Å²) in [4.78, 5) is 2.17. The fourth-order valence-electron chi connectivity index (χ4n) is 3.89. The third-order valence-corrected chi connectivity index (χ3v) is 5.56. The van der Waals surface area contributed by atoms with Gasteiger partial charge in [0, 0.05) is 31.2 Å². The maximum Gasteiger partial charge on any atom is 0.390 e. The van der Waals surface area contributed by atoms with Gasteiger partial charge in [0.2, 0.25) is 0 Å². The highest BCUT2D eigenvalue weighted by molar-refractivity contribution is 5.01. The number of alkyl halides is 3. The van der Waals surface area contributed by atoms with Crippen LogP contribution in [0.4, 0.5) is 13.2 Å². The molecule has 1 saturated heterocycles. The van der Waals surface area contributed by atoms with E-state index in [1.165, 1.54) is 6.42 Å². The summed E-state index contributed by atoms with van der Waals surface area (Å²) in [6, 6.07) is 0.329. The van der Waals surface area contributed by atoms with Gasteiger partial charge in [-0.3, -0.25) is 4.90 Å². The molecular weight excluding hydrogens is 277 g/mol. The molecule has 1 saturated carbocycles. The largest absolute Gasteiger partial charge is 0.390 e. The van der Waals surface area contributed by atoms with E-state index in [-0.39, 0.29) is 12.1 Å². The van der Waals surface area contributed by atoms with Crippen molar-refractivity contribution in [1.82, 2.24) is 10.2 Å². The van der Waals surface area contributed by atoms with Crippen molar-refractivity contribution in [3.8, 4) is 0 Å². The van der Waals surface area contributed by atoms with Crippen molar-refractivity contribution in [2.24, 2.45) is 5.92 Å². The zero-order valence-electron chi connectivity index (χ0n) is 13.3. The Kier molecular flexibility index (Phi) is 5.58. The van der Waals surface area contributed by atoms with Gasteiger partial charge in [-0.05, 0) is 18.8 Å². The molecule has 1 N–H and O–H groups in total. The topological polar surface area (TPSA) is 15.3 Å². The normalized spacial score (nSPS) is 28.7. The molecule has 2 unspecified atom stereocenters. The number of rotatable bonds is 4. The van der Waals surface area contributed by atoms with Crippen molar-refractivity contribution in [3.05, 3.63) is 0 Å². The summed E-state index contributed by atoms with van der Waals surface area (Å²) in [7, 11) is 0. The van der Waals surface area contributed by atoms with E-state index in [1.54, 1.807) is 0 Å². The summed E-state index contributed by atoms with van der Waals surface area (Å²) in [6.45, 7) is 6.14. The molecule has 1 heterocycles. The Morgan fingerprint density at radius 3 is 2.48 bits per heavy atom. The Hall–Kier alpha value is -0.290. The monoisotopic (exact) mass is 306 g/mol. The van der Waals surface area contributed by atoms with Crippen molar-refractivity contribution >= 4 is 0 Å². The van der Waals surface area contributed by atoms with Crippen molar-refractivity contribution in [2.45, 2.75) is 76.6 Å². The lowest BCUT2D eigenvalue weighted by Gasteiger charge is -2.53. The molecule has 124 valence electrons. The van der Waals surface area contributed by atoms with Gasteiger partial charge < -0.3 is 5.32 Å². The Bertz CT molecular complexity index is 324. The lowest BCUT2D eigenvalue weighted by atomic mass is 9.77. The fraction of sp³-hybridized carbons (Fsp3) is 1.00. The van der Waals surface area contributed by atoms with E-state index in [0.717, 1.165) is 45.2 Å². The van der Waals surface area contributed by atoms with E-state index in [2.05, 4.69) is 24.1 Å². The highest BCUT2D eigenvalue weighted by atomic mass is 19.4. The van der Waals surface area contributed by atoms with Crippen LogP contribution in [0.5, 0.6) is 0 Å². The number of nitrogens with one attached hydrogen (secondary N) is 1. The number of hydrogen-bond donors (Lipinski definition) is 1. The van der Waals surface area contributed by atoms with Crippen molar-refractivity contribution in [3.63, 3.8) is 0 Å². The maximum absolute atomic E-state index is 12.6. The van der Waals surface area contributed by atoms with Gasteiger partial charge >= 0.3 is 6.18 Å². The van der Waals surface area contributed by atoms with Gasteiger partial charge in [-0.15, -0.1) is 0 Å². The van der Waals surface area contributed by atoms with E-state index in [0.29, 0.717) is 12.0 Å². The van der Waals surface area contributed by atoms with E-state index in [1.807, 2.05) is 0 Å². The Morgan fingerprint density at radius 1 is 1.24 bits per heavy atom. The number of nitrogens with zero attached hydrogens (tertiary/aromatic N) is 1. The first-order valence-electron chi connectivity index (χ1n) is 8.41. The summed E-state index contributed by atoms with van der Waals surface area (Å²) in [5, 5.41) is 3.63. The van der Waals surface area contributed by atoms with E-state index >= 15 is 0 Å². The average Bonchev–Trinajstić information content (AvgIpc) is 2.45. The van der Waals surface area contributed by atoms with E-state index in [9.17, 15) is 13.2 Å². The minimum Gasteiger partial charge on any atom is -0.311 e. The predicted octanol–water partition coefficient (Wildman–Crippen LogP) is 3.96. The third kappa shape index (κ3) is 4.35. The second-order valence-corrected chi connectivity index (χ2v) is 6.97. The van der Waals surface area contributed by atoms with Gasteiger partial charge in [0.25, 0.3) is 0 Å². The molecule has 0 amide bonds. The molecule has 5 heteroatoms. The standard InChI is InChI=1S/C16H29F3N2/c1-3-13(2)14-11-21(10-9-16(17,18)19)15(12-20-14)7-5-4-6-8-15/h13-14,20H,3-12H2,1-2H3. The highest BCUT2D eigenvalue weighted by Crippen LogP contribution is 2.37. The minimum atomic E-state index is -4.05. The fourth-order valence-corrected chi connectivity index (χ4v) is 3.89. The van der Waals surface area contributed by atoms with Gasteiger partial charge in [0.1, 0.15) is 0 Å². The van der Waals surface area contributed by atoms with Crippen LogP contribution in [-0.2, 0) is 0 Å². The van der Waals surface area contributed by atoms with Gasteiger partial charge in [0.15, 0.2) is 0 Å². The summed E-state index contributed by atoms with van der Waals surface area (Å²) < 4.78 is 37.9. The molecule has 0 radical (unpaired) electrons. The molecule has 0 aromatic carbocycles. The van der Waals surface area contributed by atoms with Crippen LogP contribution in [0.25, 0.3) is 0 Å². The summed E-state index contributed by atoms with van der Waals surface area (Å²) in [5.41, 5.74) is -0.0204. The van der Waals surface area contributed by atoms with Crippen LogP contribution in [0.1, 0.15) is 58.8 Å². The molecule has 2 atom stereocenters. The maximum atomic E-state index is 12.6. The molecular formula is C16H29F3N2.